The average Bonchev–Trinajstić information content (AvgIpc) is 3.17. The summed E-state index contributed by atoms with van der Waals surface area (Å²) in [6.07, 6.45) is 1.57. The van der Waals surface area contributed by atoms with Crippen LogP contribution < -0.4 is 0 Å². The summed E-state index contributed by atoms with van der Waals surface area (Å²) < 4.78 is 38.5. The van der Waals surface area contributed by atoms with Crippen molar-refractivity contribution in [1.82, 2.24) is 4.90 Å². The molecule has 2 aliphatic heterocycles. The Balaban J connectivity index is 2.00. The highest BCUT2D eigenvalue weighted by atomic mass is 32.2. The van der Waals surface area contributed by atoms with Gasteiger partial charge in [-0.3, -0.25) is 4.90 Å². The molecule has 3 rings (SSSR count). The van der Waals surface area contributed by atoms with E-state index in [9.17, 15) is 18.3 Å². The molecule has 160 valence electrons. The van der Waals surface area contributed by atoms with Crippen molar-refractivity contribution in [2.75, 3.05) is 6.61 Å². The first-order valence-corrected chi connectivity index (χ1v) is 11.3. The van der Waals surface area contributed by atoms with E-state index in [0.29, 0.717) is 0 Å². The molecular weight excluding hydrogens is 394 g/mol. The Kier molecular flexibility index (Phi) is 5.82. The molecule has 0 aliphatic carbocycles. The molecule has 0 aromatic heterocycles. The molecule has 2 bridgehead atoms. The van der Waals surface area contributed by atoms with Crippen LogP contribution in [0, 0.1) is 6.92 Å². The minimum absolute atomic E-state index is 0.184. The number of sulfone groups is 1. The summed E-state index contributed by atoms with van der Waals surface area (Å²) in [6.45, 7) is 8.59. The summed E-state index contributed by atoms with van der Waals surface area (Å²) >= 11 is 0. The second kappa shape index (κ2) is 7.74. The van der Waals surface area contributed by atoms with Crippen LogP contribution in [-0.2, 0) is 19.3 Å². The van der Waals surface area contributed by atoms with Crippen molar-refractivity contribution in [2.45, 2.75) is 74.7 Å². The summed E-state index contributed by atoms with van der Waals surface area (Å²) in [5, 5.41) is 8.45. The molecular formula is C21H29NO6S. The number of carbonyl (C=O) groups is 1. The highest BCUT2D eigenvalue weighted by Gasteiger charge is 2.59. The lowest BCUT2D eigenvalue weighted by atomic mass is 10.0. The Morgan fingerprint density at radius 2 is 1.76 bits per heavy atom. The number of fused-ring (bicyclic) bond motifs is 2. The number of aliphatic hydroxyl groups is 1. The van der Waals surface area contributed by atoms with Gasteiger partial charge in [0.25, 0.3) is 0 Å². The van der Waals surface area contributed by atoms with Gasteiger partial charge in [0.05, 0.1) is 29.7 Å². The molecule has 1 fully saturated rings. The Labute approximate surface area is 172 Å². The predicted octanol–water partition coefficient (Wildman–Crippen LogP) is 2.46. The number of hydrogen-bond donors (Lipinski definition) is 1. The molecule has 1 amide bonds. The third-order valence-electron chi connectivity index (χ3n) is 5.10. The number of benzene rings is 1. The maximum atomic E-state index is 13.5. The molecule has 1 aromatic rings. The molecule has 0 saturated carbocycles. The highest BCUT2D eigenvalue weighted by molar-refractivity contribution is 7.92. The van der Waals surface area contributed by atoms with Crippen molar-refractivity contribution in [3.8, 4) is 0 Å². The number of aryl methyl sites for hydroxylation is 1. The zero-order valence-corrected chi connectivity index (χ0v) is 18.2. The lowest BCUT2D eigenvalue weighted by Crippen LogP contribution is -2.44. The minimum Gasteiger partial charge on any atom is -0.444 e. The molecule has 1 aromatic carbocycles. The van der Waals surface area contributed by atoms with Crippen LogP contribution in [0.3, 0.4) is 0 Å². The number of hydrogen-bond acceptors (Lipinski definition) is 6. The van der Waals surface area contributed by atoms with Crippen molar-refractivity contribution >= 4 is 15.9 Å². The van der Waals surface area contributed by atoms with E-state index in [4.69, 9.17) is 9.47 Å². The van der Waals surface area contributed by atoms with Gasteiger partial charge in [-0.2, -0.15) is 0 Å². The summed E-state index contributed by atoms with van der Waals surface area (Å²) in [6, 6.07) is 5.36. The second-order valence-corrected chi connectivity index (χ2v) is 10.8. The Hall–Kier alpha value is -1.90. The number of rotatable bonds is 5. The first-order chi connectivity index (χ1) is 13.5. The molecule has 0 radical (unpaired) electrons. The second-order valence-electron chi connectivity index (χ2n) is 8.67. The van der Waals surface area contributed by atoms with Crippen LogP contribution in [0.15, 0.2) is 41.3 Å². The fourth-order valence-corrected chi connectivity index (χ4v) is 5.81. The first kappa shape index (κ1) is 21.8. The lowest BCUT2D eigenvalue weighted by molar-refractivity contribution is -0.0366. The summed E-state index contributed by atoms with van der Waals surface area (Å²) in [7, 11) is -3.81. The SMILES string of the molecule is Cc1ccc(S(=O)(=O)[C@@H]2[C@@H](O[C@@H](C)CO)[C@@H]3C=C[C@H]2N3C(=O)OC(C)(C)C)cc1. The van der Waals surface area contributed by atoms with Crippen molar-refractivity contribution < 1.29 is 27.8 Å². The largest absolute Gasteiger partial charge is 0.444 e. The zero-order valence-electron chi connectivity index (χ0n) is 17.4. The van der Waals surface area contributed by atoms with E-state index in [1.807, 2.05) is 6.92 Å². The quantitative estimate of drug-likeness (QED) is 0.732. The molecule has 29 heavy (non-hydrogen) atoms. The van der Waals surface area contributed by atoms with Gasteiger partial charge in [-0.15, -0.1) is 0 Å². The first-order valence-electron chi connectivity index (χ1n) is 9.72. The maximum Gasteiger partial charge on any atom is 0.411 e. The van der Waals surface area contributed by atoms with Gasteiger partial charge in [0.15, 0.2) is 9.84 Å². The van der Waals surface area contributed by atoms with Crippen LogP contribution in [0.4, 0.5) is 4.79 Å². The molecule has 8 heteroatoms. The number of amides is 1. The maximum absolute atomic E-state index is 13.5. The van der Waals surface area contributed by atoms with Crippen molar-refractivity contribution in [3.63, 3.8) is 0 Å². The third-order valence-corrected chi connectivity index (χ3v) is 7.30. The number of ether oxygens (including phenoxy) is 2. The van der Waals surface area contributed by atoms with Crippen molar-refractivity contribution in [2.24, 2.45) is 0 Å². The Morgan fingerprint density at radius 3 is 2.31 bits per heavy atom. The molecule has 2 aliphatic rings. The zero-order chi connectivity index (χ0) is 21.6. The van der Waals surface area contributed by atoms with Crippen LogP contribution in [0.5, 0.6) is 0 Å². The fraction of sp³-hybridized carbons (Fsp3) is 0.571. The molecule has 0 unspecified atom stereocenters. The average molecular weight is 424 g/mol. The van der Waals surface area contributed by atoms with Gasteiger partial charge < -0.3 is 14.6 Å². The molecule has 5 atom stereocenters. The van der Waals surface area contributed by atoms with Crippen LogP contribution in [0.25, 0.3) is 0 Å². The van der Waals surface area contributed by atoms with Gasteiger partial charge >= 0.3 is 6.09 Å². The summed E-state index contributed by atoms with van der Waals surface area (Å²) in [5.74, 6) is 0. The van der Waals surface area contributed by atoms with E-state index in [0.717, 1.165) is 5.56 Å². The van der Waals surface area contributed by atoms with Crippen LogP contribution in [-0.4, -0.2) is 66.3 Å². The highest BCUT2D eigenvalue weighted by Crippen LogP contribution is 2.41. The van der Waals surface area contributed by atoms with Crippen LogP contribution in [0.1, 0.15) is 33.3 Å². The monoisotopic (exact) mass is 423 g/mol. The molecule has 0 spiro atoms. The van der Waals surface area contributed by atoms with Gasteiger partial charge in [0.1, 0.15) is 17.0 Å². The topological polar surface area (TPSA) is 93.1 Å². The fourth-order valence-electron chi connectivity index (χ4n) is 3.81. The third kappa shape index (κ3) is 4.20. The van der Waals surface area contributed by atoms with Crippen molar-refractivity contribution in [1.29, 1.82) is 0 Å². The Bertz CT molecular complexity index is 887. The van der Waals surface area contributed by atoms with Crippen LogP contribution >= 0.6 is 0 Å². The van der Waals surface area contributed by atoms with E-state index >= 15 is 0 Å². The molecule has 7 nitrogen and oxygen atoms in total. The van der Waals surface area contributed by atoms with E-state index < -0.39 is 51.1 Å². The van der Waals surface area contributed by atoms with Gasteiger partial charge in [-0.25, -0.2) is 13.2 Å². The van der Waals surface area contributed by atoms with Gasteiger partial charge in [0.2, 0.25) is 0 Å². The van der Waals surface area contributed by atoms with E-state index in [1.54, 1.807) is 64.1 Å². The molecule has 2 heterocycles. The number of nitrogens with zero attached hydrogens (tertiary/aromatic N) is 1. The van der Waals surface area contributed by atoms with E-state index in [2.05, 4.69) is 0 Å². The van der Waals surface area contributed by atoms with E-state index in [-0.39, 0.29) is 11.5 Å². The van der Waals surface area contributed by atoms with Crippen molar-refractivity contribution in [3.05, 3.63) is 42.0 Å². The van der Waals surface area contributed by atoms with Gasteiger partial charge in [0, 0.05) is 0 Å². The smallest absolute Gasteiger partial charge is 0.411 e. The van der Waals surface area contributed by atoms with Gasteiger partial charge in [-0.1, -0.05) is 29.8 Å². The predicted molar refractivity (Wildman–Crippen MR) is 108 cm³/mol. The summed E-state index contributed by atoms with van der Waals surface area (Å²) in [4.78, 5) is 14.5. The minimum atomic E-state index is -3.81. The normalized spacial score (nSPS) is 27.3. The van der Waals surface area contributed by atoms with E-state index in [1.165, 1.54) is 4.90 Å². The summed E-state index contributed by atoms with van der Waals surface area (Å²) in [5.41, 5.74) is 0.244. The molecule has 1 saturated heterocycles. The lowest BCUT2D eigenvalue weighted by Gasteiger charge is -2.28. The van der Waals surface area contributed by atoms with Gasteiger partial charge in [-0.05, 0) is 46.8 Å². The van der Waals surface area contributed by atoms with Crippen LogP contribution in [0.2, 0.25) is 0 Å². The molecule has 1 N–H and O–H groups in total. The number of carbonyl (C=O) groups excluding carboxylic acids is 1. The Morgan fingerprint density at radius 1 is 1.17 bits per heavy atom. The standard InChI is InChI=1S/C21H29NO6S/c1-13-6-8-15(9-7-13)29(25,26)19-17-11-10-16(18(19)27-14(2)12-23)22(17)20(24)28-21(3,4)5/h6-11,14,16-19,23H,12H2,1-5H3/t14-,16-,17+,18-,19-/m0/s1. The number of aliphatic hydroxyl groups excluding tert-OH is 1.